The number of halogens is 3. The number of anilines is 1. The first-order valence-electron chi connectivity index (χ1n) is 8.19. The number of benzene rings is 2. The maximum absolute atomic E-state index is 13.8. The number of thioether (sulfide) groups is 1. The minimum atomic E-state index is -1.63. The quantitative estimate of drug-likeness (QED) is 0.486. The van der Waals surface area contributed by atoms with Gasteiger partial charge in [0.05, 0.1) is 23.7 Å². The summed E-state index contributed by atoms with van der Waals surface area (Å²) in [4.78, 5) is 16.6. The molecule has 0 radical (unpaired) electrons. The molecule has 2 aromatic carbocycles. The number of carbonyl (C=O) groups excluding carboxylic acids is 1. The molecule has 0 fully saturated rings. The Kier molecular flexibility index (Phi) is 5.93. The van der Waals surface area contributed by atoms with Gasteiger partial charge in [-0.1, -0.05) is 17.8 Å². The van der Waals surface area contributed by atoms with Crippen LogP contribution in [0.1, 0.15) is 6.92 Å². The summed E-state index contributed by atoms with van der Waals surface area (Å²) in [6, 6.07) is 9.02. The lowest BCUT2D eigenvalue weighted by atomic mass is 10.2. The van der Waals surface area contributed by atoms with Gasteiger partial charge in [0.2, 0.25) is 5.91 Å². The second kappa shape index (κ2) is 8.39. The van der Waals surface area contributed by atoms with E-state index in [-0.39, 0.29) is 0 Å². The number of ether oxygens (including phenoxy) is 1. The van der Waals surface area contributed by atoms with E-state index >= 15 is 0 Å². The molecule has 3 aromatic rings. The molecular formula is C19H16F3N3O2S. The van der Waals surface area contributed by atoms with E-state index in [0.29, 0.717) is 10.9 Å². The lowest BCUT2D eigenvalue weighted by Gasteiger charge is -2.14. The molecule has 1 amide bonds. The lowest BCUT2D eigenvalue weighted by molar-refractivity contribution is -0.115. The third kappa shape index (κ3) is 4.14. The molecule has 0 aliphatic rings. The highest BCUT2D eigenvalue weighted by Crippen LogP contribution is 2.27. The first-order chi connectivity index (χ1) is 13.4. The SMILES string of the molecule is COc1cccc(-n2ccnc2SC(C)C(=O)Nc2ccc(F)c(F)c2F)c1. The Balaban J connectivity index is 1.75. The van der Waals surface area contributed by atoms with Crippen molar-refractivity contribution in [2.24, 2.45) is 0 Å². The third-order valence-corrected chi connectivity index (χ3v) is 4.96. The van der Waals surface area contributed by atoms with Gasteiger partial charge in [-0.2, -0.15) is 0 Å². The average Bonchev–Trinajstić information content (AvgIpc) is 3.16. The number of imidazole rings is 1. The van der Waals surface area contributed by atoms with Gasteiger partial charge >= 0.3 is 0 Å². The second-order valence-electron chi connectivity index (χ2n) is 5.75. The highest BCUT2D eigenvalue weighted by Gasteiger charge is 2.21. The predicted octanol–water partition coefficient (Wildman–Crippen LogP) is 4.42. The van der Waals surface area contributed by atoms with Crippen LogP contribution in [0.25, 0.3) is 5.69 Å². The molecule has 5 nitrogen and oxygen atoms in total. The van der Waals surface area contributed by atoms with Crippen LogP contribution in [0.2, 0.25) is 0 Å². The van der Waals surface area contributed by atoms with E-state index in [0.717, 1.165) is 29.6 Å². The molecule has 1 heterocycles. The van der Waals surface area contributed by atoms with Crippen LogP contribution in [-0.2, 0) is 4.79 Å². The normalized spacial score (nSPS) is 11.9. The summed E-state index contributed by atoms with van der Waals surface area (Å²) in [5.41, 5.74) is 0.367. The molecule has 0 aliphatic heterocycles. The molecule has 0 aliphatic carbocycles. The van der Waals surface area contributed by atoms with Crippen LogP contribution in [-0.4, -0.2) is 27.8 Å². The number of hydrogen-bond acceptors (Lipinski definition) is 4. The van der Waals surface area contributed by atoms with E-state index < -0.39 is 34.3 Å². The predicted molar refractivity (Wildman–Crippen MR) is 100 cm³/mol. The molecule has 0 spiro atoms. The minimum Gasteiger partial charge on any atom is -0.497 e. The van der Waals surface area contributed by atoms with E-state index in [4.69, 9.17) is 4.74 Å². The van der Waals surface area contributed by atoms with E-state index in [2.05, 4.69) is 10.3 Å². The van der Waals surface area contributed by atoms with Gasteiger partial charge in [0, 0.05) is 18.5 Å². The zero-order chi connectivity index (χ0) is 20.3. The van der Waals surface area contributed by atoms with Crippen molar-refractivity contribution in [2.45, 2.75) is 17.3 Å². The smallest absolute Gasteiger partial charge is 0.237 e. The van der Waals surface area contributed by atoms with Crippen molar-refractivity contribution in [3.05, 3.63) is 66.2 Å². The van der Waals surface area contributed by atoms with Crippen molar-refractivity contribution in [3.8, 4) is 11.4 Å². The number of aromatic nitrogens is 2. The molecule has 28 heavy (non-hydrogen) atoms. The molecule has 1 N–H and O–H groups in total. The average molecular weight is 407 g/mol. The van der Waals surface area contributed by atoms with Crippen molar-refractivity contribution in [2.75, 3.05) is 12.4 Å². The molecule has 3 rings (SSSR count). The van der Waals surface area contributed by atoms with Crippen LogP contribution in [0.3, 0.4) is 0 Å². The number of nitrogens with one attached hydrogen (secondary N) is 1. The van der Waals surface area contributed by atoms with E-state index in [1.54, 1.807) is 37.1 Å². The summed E-state index contributed by atoms with van der Waals surface area (Å²) >= 11 is 1.13. The van der Waals surface area contributed by atoms with Crippen molar-refractivity contribution in [1.82, 2.24) is 9.55 Å². The fourth-order valence-corrected chi connectivity index (χ4v) is 3.29. The summed E-state index contributed by atoms with van der Waals surface area (Å²) in [5.74, 6) is -4.30. The molecule has 0 saturated carbocycles. The van der Waals surface area contributed by atoms with Crippen molar-refractivity contribution >= 4 is 23.4 Å². The van der Waals surface area contributed by atoms with Gasteiger partial charge in [0.1, 0.15) is 5.75 Å². The van der Waals surface area contributed by atoms with Gasteiger partial charge in [0.15, 0.2) is 22.6 Å². The van der Waals surface area contributed by atoms with Crippen molar-refractivity contribution < 1.29 is 22.7 Å². The zero-order valence-electron chi connectivity index (χ0n) is 14.9. The van der Waals surface area contributed by atoms with Crippen LogP contribution in [0.5, 0.6) is 5.75 Å². The van der Waals surface area contributed by atoms with Crippen LogP contribution < -0.4 is 10.1 Å². The maximum atomic E-state index is 13.8. The highest BCUT2D eigenvalue weighted by atomic mass is 32.2. The largest absolute Gasteiger partial charge is 0.497 e. The van der Waals surface area contributed by atoms with E-state index in [1.807, 2.05) is 18.2 Å². The fourth-order valence-electron chi connectivity index (χ4n) is 2.40. The second-order valence-corrected chi connectivity index (χ2v) is 7.06. The van der Waals surface area contributed by atoms with Gasteiger partial charge in [-0.15, -0.1) is 0 Å². The van der Waals surface area contributed by atoms with Crippen molar-refractivity contribution in [1.29, 1.82) is 0 Å². The summed E-state index contributed by atoms with van der Waals surface area (Å²) in [6.07, 6.45) is 3.32. The van der Waals surface area contributed by atoms with Crippen LogP contribution >= 0.6 is 11.8 Å². The first kappa shape index (κ1) is 19.8. The van der Waals surface area contributed by atoms with Crippen LogP contribution in [0.15, 0.2) is 53.9 Å². The molecule has 0 bridgehead atoms. The third-order valence-electron chi connectivity index (χ3n) is 3.88. The summed E-state index contributed by atoms with van der Waals surface area (Å²) in [7, 11) is 1.56. The van der Waals surface area contributed by atoms with Gasteiger partial charge in [0.25, 0.3) is 0 Å². The van der Waals surface area contributed by atoms with Gasteiger partial charge in [-0.3, -0.25) is 9.36 Å². The number of amides is 1. The number of carbonyl (C=O) groups is 1. The Hall–Kier alpha value is -2.94. The topological polar surface area (TPSA) is 56.2 Å². The molecule has 146 valence electrons. The number of hydrogen-bond donors (Lipinski definition) is 1. The Morgan fingerprint density at radius 1 is 1.21 bits per heavy atom. The Bertz CT molecular complexity index is 1010. The maximum Gasteiger partial charge on any atom is 0.237 e. The van der Waals surface area contributed by atoms with Gasteiger partial charge < -0.3 is 10.1 Å². The molecule has 1 aromatic heterocycles. The number of nitrogens with zero attached hydrogens (tertiary/aromatic N) is 2. The first-order valence-corrected chi connectivity index (χ1v) is 9.07. The molecule has 9 heteroatoms. The van der Waals surface area contributed by atoms with E-state index in [9.17, 15) is 18.0 Å². The summed E-state index contributed by atoms with van der Waals surface area (Å²) < 4.78 is 47.1. The van der Waals surface area contributed by atoms with Crippen LogP contribution in [0, 0.1) is 17.5 Å². The van der Waals surface area contributed by atoms with Crippen LogP contribution in [0.4, 0.5) is 18.9 Å². The Morgan fingerprint density at radius 3 is 2.75 bits per heavy atom. The minimum absolute atomic E-state index is 0.424. The van der Waals surface area contributed by atoms with Gasteiger partial charge in [-0.25, -0.2) is 18.2 Å². The summed E-state index contributed by atoms with van der Waals surface area (Å²) in [6.45, 7) is 1.60. The highest BCUT2D eigenvalue weighted by molar-refractivity contribution is 8.00. The molecule has 0 saturated heterocycles. The monoisotopic (exact) mass is 407 g/mol. The molecule has 1 unspecified atom stereocenters. The molecular weight excluding hydrogens is 391 g/mol. The Labute approximate surface area is 163 Å². The van der Waals surface area contributed by atoms with E-state index in [1.165, 1.54) is 0 Å². The Morgan fingerprint density at radius 2 is 2.00 bits per heavy atom. The van der Waals surface area contributed by atoms with Crippen molar-refractivity contribution in [3.63, 3.8) is 0 Å². The fraction of sp³-hybridized carbons (Fsp3) is 0.158. The number of rotatable bonds is 6. The zero-order valence-corrected chi connectivity index (χ0v) is 15.8. The standard InChI is InChI=1S/C19H16F3N3O2S/c1-11(18(26)24-15-7-6-14(20)16(21)17(15)22)28-19-23-8-9-25(19)12-4-3-5-13(10-12)27-2/h3-11H,1-2H3,(H,24,26). The number of methoxy groups -OCH3 is 1. The lowest BCUT2D eigenvalue weighted by Crippen LogP contribution is -2.23. The summed E-state index contributed by atoms with van der Waals surface area (Å²) in [5, 5.41) is 2.12. The molecule has 1 atom stereocenters. The van der Waals surface area contributed by atoms with Gasteiger partial charge in [-0.05, 0) is 31.2 Å².